The third-order valence-electron chi connectivity index (χ3n) is 3.06. The number of hydrogen-bond acceptors (Lipinski definition) is 5. The Morgan fingerprint density at radius 1 is 1.15 bits per heavy atom. The molecule has 2 heterocycles. The van der Waals surface area contributed by atoms with Crippen LogP contribution in [-0.2, 0) is 13.1 Å². The van der Waals surface area contributed by atoms with Crippen LogP contribution in [0.3, 0.4) is 0 Å². The first-order valence-corrected chi connectivity index (χ1v) is 6.52. The third-order valence-corrected chi connectivity index (χ3v) is 3.06. The summed E-state index contributed by atoms with van der Waals surface area (Å²) in [6, 6.07) is 9.87. The first-order chi connectivity index (χ1) is 9.86. The fourth-order valence-corrected chi connectivity index (χ4v) is 2.10. The fraction of sp³-hybridized carbons (Fsp3) is 0.200. The van der Waals surface area contributed by atoms with E-state index in [4.69, 9.17) is 4.42 Å². The summed E-state index contributed by atoms with van der Waals surface area (Å²) in [4.78, 5) is 8.62. The Bertz CT molecular complexity index is 708. The average molecular weight is 268 g/mol. The zero-order valence-corrected chi connectivity index (χ0v) is 11.3. The van der Waals surface area contributed by atoms with Crippen LogP contribution in [0.1, 0.15) is 11.4 Å². The van der Waals surface area contributed by atoms with E-state index < -0.39 is 0 Å². The number of fused-ring (bicyclic) bond motifs is 1. The maximum atomic E-state index is 5.52. The van der Waals surface area contributed by atoms with Crippen molar-refractivity contribution in [1.82, 2.24) is 15.3 Å². The number of benzene rings is 1. The van der Waals surface area contributed by atoms with Crippen molar-refractivity contribution in [3.8, 4) is 0 Å². The molecular weight excluding hydrogens is 252 g/mol. The van der Waals surface area contributed by atoms with E-state index in [1.54, 1.807) is 12.5 Å². The first-order valence-electron chi connectivity index (χ1n) is 6.52. The summed E-state index contributed by atoms with van der Waals surface area (Å²) in [5.41, 5.74) is 2.03. The molecule has 1 aromatic carbocycles. The van der Waals surface area contributed by atoms with Gasteiger partial charge in [0, 0.05) is 23.7 Å². The van der Waals surface area contributed by atoms with Crippen LogP contribution in [0.15, 0.2) is 47.2 Å². The van der Waals surface area contributed by atoms with Gasteiger partial charge in [0.15, 0.2) is 0 Å². The molecule has 0 radical (unpaired) electrons. The third kappa shape index (κ3) is 2.62. The zero-order valence-electron chi connectivity index (χ0n) is 11.3. The smallest absolute Gasteiger partial charge is 0.144 e. The molecule has 0 fully saturated rings. The Morgan fingerprint density at radius 2 is 2.05 bits per heavy atom. The van der Waals surface area contributed by atoms with Crippen LogP contribution >= 0.6 is 0 Å². The van der Waals surface area contributed by atoms with Crippen molar-refractivity contribution in [2.24, 2.45) is 0 Å². The Kier molecular flexibility index (Phi) is 3.60. The number of anilines is 1. The van der Waals surface area contributed by atoms with Crippen LogP contribution in [0.25, 0.3) is 11.0 Å². The summed E-state index contributed by atoms with van der Waals surface area (Å²) in [6.45, 7) is 1.33. The van der Waals surface area contributed by atoms with Gasteiger partial charge in [-0.2, -0.15) is 0 Å². The topological polar surface area (TPSA) is 63.0 Å². The van der Waals surface area contributed by atoms with E-state index in [0.29, 0.717) is 13.1 Å². The molecule has 0 saturated heterocycles. The Balaban J connectivity index is 1.74. The highest BCUT2D eigenvalue weighted by atomic mass is 16.3. The summed E-state index contributed by atoms with van der Waals surface area (Å²) in [5.74, 6) is 1.59. The average Bonchev–Trinajstić information content (AvgIpc) is 2.89. The standard InChI is InChI=1S/C15H16N4O/c1-16-9-15-17-7-6-14(19-15)18-8-11-10-20-13-5-3-2-4-12(11)13/h2-7,10,16H,8-9H2,1H3,(H,17,18,19). The lowest BCUT2D eigenvalue weighted by atomic mass is 10.2. The van der Waals surface area contributed by atoms with Crippen LogP contribution < -0.4 is 10.6 Å². The van der Waals surface area contributed by atoms with Gasteiger partial charge in [0.2, 0.25) is 0 Å². The molecule has 5 heteroatoms. The summed E-state index contributed by atoms with van der Waals surface area (Å²) in [5, 5.41) is 7.47. The van der Waals surface area contributed by atoms with Gasteiger partial charge in [-0.15, -0.1) is 0 Å². The van der Waals surface area contributed by atoms with Crippen molar-refractivity contribution in [3.05, 3.63) is 54.2 Å². The molecule has 3 aromatic rings. The van der Waals surface area contributed by atoms with Crippen LogP contribution in [0.4, 0.5) is 5.82 Å². The Hall–Kier alpha value is -2.40. The van der Waals surface area contributed by atoms with Gasteiger partial charge < -0.3 is 15.1 Å². The van der Waals surface area contributed by atoms with E-state index in [2.05, 4.69) is 26.7 Å². The van der Waals surface area contributed by atoms with Crippen molar-refractivity contribution in [1.29, 1.82) is 0 Å². The van der Waals surface area contributed by atoms with Gasteiger partial charge in [0.05, 0.1) is 12.8 Å². The minimum atomic E-state index is 0.657. The summed E-state index contributed by atoms with van der Waals surface area (Å²) >= 11 is 0. The highest BCUT2D eigenvalue weighted by Gasteiger charge is 2.05. The fourth-order valence-electron chi connectivity index (χ4n) is 2.10. The normalized spacial score (nSPS) is 10.8. The van der Waals surface area contributed by atoms with Gasteiger partial charge in [-0.3, -0.25) is 0 Å². The largest absolute Gasteiger partial charge is 0.464 e. The highest BCUT2D eigenvalue weighted by Crippen LogP contribution is 2.21. The van der Waals surface area contributed by atoms with Crippen LogP contribution in [-0.4, -0.2) is 17.0 Å². The SMILES string of the molecule is CNCc1nccc(NCc2coc3ccccc23)n1. The van der Waals surface area contributed by atoms with E-state index in [9.17, 15) is 0 Å². The van der Waals surface area contributed by atoms with Crippen molar-refractivity contribution in [2.45, 2.75) is 13.1 Å². The van der Waals surface area contributed by atoms with Crippen molar-refractivity contribution in [3.63, 3.8) is 0 Å². The van der Waals surface area contributed by atoms with Gasteiger partial charge in [-0.25, -0.2) is 9.97 Å². The maximum absolute atomic E-state index is 5.52. The van der Waals surface area contributed by atoms with E-state index >= 15 is 0 Å². The number of aromatic nitrogens is 2. The predicted octanol–water partition coefficient (Wildman–Crippen LogP) is 2.55. The van der Waals surface area contributed by atoms with Gasteiger partial charge in [0.1, 0.15) is 17.2 Å². The Morgan fingerprint density at radius 3 is 2.95 bits per heavy atom. The number of nitrogens with zero attached hydrogens (tertiary/aromatic N) is 2. The highest BCUT2D eigenvalue weighted by molar-refractivity contribution is 5.81. The number of rotatable bonds is 5. The molecule has 0 aliphatic carbocycles. The minimum Gasteiger partial charge on any atom is -0.464 e. The molecular formula is C15H16N4O. The summed E-state index contributed by atoms with van der Waals surface area (Å²) in [7, 11) is 1.88. The molecule has 3 rings (SSSR count). The van der Waals surface area contributed by atoms with Gasteiger partial charge in [-0.1, -0.05) is 18.2 Å². The van der Waals surface area contributed by atoms with Gasteiger partial charge in [0.25, 0.3) is 0 Å². The van der Waals surface area contributed by atoms with Crippen LogP contribution in [0.5, 0.6) is 0 Å². The molecule has 0 amide bonds. The van der Waals surface area contributed by atoms with Gasteiger partial charge >= 0.3 is 0 Å². The van der Waals surface area contributed by atoms with Crippen molar-refractivity contribution < 1.29 is 4.42 Å². The number of nitrogens with one attached hydrogen (secondary N) is 2. The van der Waals surface area contributed by atoms with Gasteiger partial charge in [-0.05, 0) is 19.2 Å². The molecule has 20 heavy (non-hydrogen) atoms. The minimum absolute atomic E-state index is 0.657. The molecule has 102 valence electrons. The molecule has 0 unspecified atom stereocenters. The van der Waals surface area contributed by atoms with E-state index in [1.165, 1.54) is 0 Å². The first kappa shape index (κ1) is 12.6. The van der Waals surface area contributed by atoms with E-state index in [-0.39, 0.29) is 0 Å². The molecule has 0 bridgehead atoms. The van der Waals surface area contributed by atoms with Crippen molar-refractivity contribution >= 4 is 16.8 Å². The predicted molar refractivity (Wildman–Crippen MR) is 78.3 cm³/mol. The molecule has 5 nitrogen and oxygen atoms in total. The summed E-state index contributed by atoms with van der Waals surface area (Å²) < 4.78 is 5.52. The van der Waals surface area contributed by atoms with Crippen LogP contribution in [0.2, 0.25) is 0 Å². The second-order valence-corrected chi connectivity index (χ2v) is 4.50. The molecule has 0 saturated carbocycles. The molecule has 0 spiro atoms. The lowest BCUT2D eigenvalue weighted by Gasteiger charge is -2.05. The Labute approximate surface area is 117 Å². The molecule has 2 N–H and O–H groups in total. The number of hydrogen-bond donors (Lipinski definition) is 2. The molecule has 0 aliphatic heterocycles. The number of para-hydroxylation sites is 1. The number of furan rings is 1. The summed E-state index contributed by atoms with van der Waals surface area (Å²) in [6.07, 6.45) is 3.54. The zero-order chi connectivity index (χ0) is 13.8. The van der Waals surface area contributed by atoms with E-state index in [0.717, 1.165) is 28.2 Å². The lowest BCUT2D eigenvalue weighted by Crippen LogP contribution is -2.10. The second-order valence-electron chi connectivity index (χ2n) is 4.50. The maximum Gasteiger partial charge on any atom is 0.144 e. The van der Waals surface area contributed by atoms with Crippen LogP contribution in [0, 0.1) is 0 Å². The second kappa shape index (κ2) is 5.71. The lowest BCUT2D eigenvalue weighted by molar-refractivity contribution is 0.611. The van der Waals surface area contributed by atoms with Crippen molar-refractivity contribution in [2.75, 3.05) is 12.4 Å². The van der Waals surface area contributed by atoms with E-state index in [1.807, 2.05) is 31.3 Å². The molecule has 0 atom stereocenters. The monoisotopic (exact) mass is 268 g/mol. The molecule has 0 aliphatic rings. The molecule has 2 aromatic heterocycles. The quantitative estimate of drug-likeness (QED) is 0.744.